The summed E-state index contributed by atoms with van der Waals surface area (Å²) >= 11 is 0. The number of carbonyl (C=O) groups excluding carboxylic acids is 1. The minimum atomic E-state index is -1.02. The van der Waals surface area contributed by atoms with Crippen molar-refractivity contribution in [1.82, 2.24) is 4.98 Å². The molecule has 0 unspecified atom stereocenters. The lowest BCUT2D eigenvalue weighted by atomic mass is 10.1. The van der Waals surface area contributed by atoms with Gasteiger partial charge >= 0.3 is 0 Å². The number of benzene rings is 2. The second-order valence-electron chi connectivity index (χ2n) is 5.68. The molecule has 0 atom stereocenters. The van der Waals surface area contributed by atoms with Crippen LogP contribution < -0.4 is 10.6 Å². The predicted molar refractivity (Wildman–Crippen MR) is 97.7 cm³/mol. The molecular formula is C20H17F2N3O. The van der Waals surface area contributed by atoms with Crippen molar-refractivity contribution in [3.63, 3.8) is 0 Å². The molecule has 3 aromatic rings. The maximum absolute atomic E-state index is 13.3. The molecule has 2 aromatic carbocycles. The van der Waals surface area contributed by atoms with E-state index in [4.69, 9.17) is 0 Å². The van der Waals surface area contributed by atoms with E-state index in [1.54, 1.807) is 12.3 Å². The molecule has 0 saturated carbocycles. The van der Waals surface area contributed by atoms with Crippen LogP contribution in [0.25, 0.3) is 0 Å². The van der Waals surface area contributed by atoms with E-state index in [0.29, 0.717) is 11.3 Å². The van der Waals surface area contributed by atoms with Crippen LogP contribution in [0.5, 0.6) is 0 Å². The predicted octanol–water partition coefficient (Wildman–Crippen LogP) is 4.92. The first kappa shape index (κ1) is 17.5. The van der Waals surface area contributed by atoms with Crippen molar-refractivity contribution in [1.29, 1.82) is 0 Å². The number of pyridine rings is 1. The minimum Gasteiger partial charge on any atom is -0.354 e. The molecule has 6 heteroatoms. The first-order valence-electron chi connectivity index (χ1n) is 8.13. The molecule has 1 aromatic heterocycles. The Balaban J connectivity index is 1.78. The van der Waals surface area contributed by atoms with Crippen molar-refractivity contribution in [3.05, 3.63) is 83.7 Å². The summed E-state index contributed by atoms with van der Waals surface area (Å²) in [6.45, 7) is 2.06. The van der Waals surface area contributed by atoms with Crippen molar-refractivity contribution in [2.75, 3.05) is 10.6 Å². The van der Waals surface area contributed by atoms with Gasteiger partial charge in [0.1, 0.15) is 0 Å². The number of aromatic nitrogens is 1. The van der Waals surface area contributed by atoms with E-state index in [9.17, 15) is 13.6 Å². The molecule has 132 valence electrons. The molecule has 0 saturated heterocycles. The standard InChI is InChI=1S/C20H17F2N3O/c1-2-13-5-3-4-6-19(13)24-16-9-14(11-23-12-16)20(26)25-15-7-8-17(21)18(22)10-15/h3-12,24H,2H2,1H3,(H,25,26). The number of nitrogens with zero attached hydrogens (tertiary/aromatic N) is 1. The lowest BCUT2D eigenvalue weighted by molar-refractivity contribution is 0.102. The third-order valence-corrected chi connectivity index (χ3v) is 3.86. The number of rotatable bonds is 5. The summed E-state index contributed by atoms with van der Waals surface area (Å²) in [4.78, 5) is 16.4. The Bertz CT molecular complexity index is 944. The Labute approximate surface area is 149 Å². The summed E-state index contributed by atoms with van der Waals surface area (Å²) < 4.78 is 26.2. The van der Waals surface area contributed by atoms with Gasteiger partial charge in [-0.05, 0) is 36.2 Å². The van der Waals surface area contributed by atoms with Gasteiger partial charge in [-0.15, -0.1) is 0 Å². The maximum atomic E-state index is 13.3. The lowest BCUT2D eigenvalue weighted by Gasteiger charge is -2.11. The van der Waals surface area contributed by atoms with Crippen molar-refractivity contribution in [3.8, 4) is 0 Å². The largest absolute Gasteiger partial charge is 0.354 e. The summed E-state index contributed by atoms with van der Waals surface area (Å²) in [6.07, 6.45) is 3.89. The fraction of sp³-hybridized carbons (Fsp3) is 0.100. The fourth-order valence-corrected chi connectivity index (χ4v) is 2.52. The van der Waals surface area contributed by atoms with Gasteiger partial charge < -0.3 is 10.6 Å². The van der Waals surface area contributed by atoms with Crippen molar-refractivity contribution >= 4 is 23.0 Å². The highest BCUT2D eigenvalue weighted by atomic mass is 19.2. The number of carbonyl (C=O) groups is 1. The van der Waals surface area contributed by atoms with Crippen LogP contribution in [0.4, 0.5) is 25.8 Å². The third kappa shape index (κ3) is 4.03. The monoisotopic (exact) mass is 353 g/mol. The molecule has 0 aliphatic carbocycles. The summed E-state index contributed by atoms with van der Waals surface area (Å²) in [6, 6.07) is 12.7. The normalized spacial score (nSPS) is 10.4. The average molecular weight is 353 g/mol. The number of hydrogen-bond donors (Lipinski definition) is 2. The van der Waals surface area contributed by atoms with Gasteiger partial charge in [0.05, 0.1) is 17.4 Å². The van der Waals surface area contributed by atoms with Crippen LogP contribution in [-0.4, -0.2) is 10.9 Å². The molecule has 0 spiro atoms. The van der Waals surface area contributed by atoms with Gasteiger partial charge in [-0.25, -0.2) is 8.78 Å². The second kappa shape index (κ2) is 7.74. The summed E-state index contributed by atoms with van der Waals surface area (Å²) in [5.41, 5.74) is 3.21. The molecular weight excluding hydrogens is 336 g/mol. The Morgan fingerprint density at radius 3 is 2.58 bits per heavy atom. The van der Waals surface area contributed by atoms with Gasteiger partial charge in [0, 0.05) is 23.6 Å². The molecule has 0 aliphatic heterocycles. The highest BCUT2D eigenvalue weighted by Crippen LogP contribution is 2.22. The van der Waals surface area contributed by atoms with E-state index in [1.807, 2.05) is 24.3 Å². The van der Waals surface area contributed by atoms with Crippen LogP contribution in [0, 0.1) is 11.6 Å². The molecule has 0 radical (unpaired) electrons. The molecule has 2 N–H and O–H groups in total. The van der Waals surface area contributed by atoms with Gasteiger partial charge in [0.2, 0.25) is 0 Å². The van der Waals surface area contributed by atoms with E-state index in [0.717, 1.165) is 29.8 Å². The topological polar surface area (TPSA) is 54.0 Å². The molecule has 26 heavy (non-hydrogen) atoms. The zero-order valence-corrected chi connectivity index (χ0v) is 14.1. The first-order chi connectivity index (χ1) is 12.6. The zero-order valence-electron chi connectivity index (χ0n) is 14.1. The minimum absolute atomic E-state index is 0.170. The number of amides is 1. The van der Waals surface area contributed by atoms with Crippen LogP contribution >= 0.6 is 0 Å². The molecule has 0 fully saturated rings. The van der Waals surface area contributed by atoms with Crippen LogP contribution in [0.2, 0.25) is 0 Å². The Kier molecular flexibility index (Phi) is 5.22. The van der Waals surface area contributed by atoms with Crippen LogP contribution in [0.3, 0.4) is 0 Å². The van der Waals surface area contributed by atoms with Crippen LogP contribution in [0.15, 0.2) is 60.9 Å². The molecule has 0 bridgehead atoms. The molecule has 1 amide bonds. The molecule has 0 aliphatic rings. The van der Waals surface area contributed by atoms with Gasteiger partial charge in [0.25, 0.3) is 5.91 Å². The summed E-state index contributed by atoms with van der Waals surface area (Å²) in [5, 5.41) is 5.77. The number of nitrogens with one attached hydrogen (secondary N) is 2. The van der Waals surface area contributed by atoms with E-state index < -0.39 is 17.5 Å². The van der Waals surface area contributed by atoms with Crippen molar-refractivity contribution < 1.29 is 13.6 Å². The molecule has 3 rings (SSSR count). The molecule has 1 heterocycles. The van der Waals surface area contributed by atoms with E-state index in [1.165, 1.54) is 12.3 Å². The number of hydrogen-bond acceptors (Lipinski definition) is 3. The fourth-order valence-electron chi connectivity index (χ4n) is 2.52. The van der Waals surface area contributed by atoms with Crippen LogP contribution in [-0.2, 0) is 6.42 Å². The van der Waals surface area contributed by atoms with Gasteiger partial charge in [-0.1, -0.05) is 25.1 Å². The lowest BCUT2D eigenvalue weighted by Crippen LogP contribution is -2.13. The Morgan fingerprint density at radius 1 is 1.00 bits per heavy atom. The van der Waals surface area contributed by atoms with Gasteiger partial charge in [0.15, 0.2) is 11.6 Å². The SMILES string of the molecule is CCc1ccccc1Nc1cncc(C(=O)Nc2ccc(F)c(F)c2)c1. The average Bonchev–Trinajstić information content (AvgIpc) is 2.65. The zero-order chi connectivity index (χ0) is 18.5. The van der Waals surface area contributed by atoms with Crippen molar-refractivity contribution in [2.45, 2.75) is 13.3 Å². The smallest absolute Gasteiger partial charge is 0.257 e. The highest BCUT2D eigenvalue weighted by Gasteiger charge is 2.10. The van der Waals surface area contributed by atoms with Crippen LogP contribution in [0.1, 0.15) is 22.8 Å². The quantitative estimate of drug-likeness (QED) is 0.685. The van der Waals surface area contributed by atoms with E-state index in [-0.39, 0.29) is 5.69 Å². The third-order valence-electron chi connectivity index (χ3n) is 3.86. The maximum Gasteiger partial charge on any atom is 0.257 e. The number of para-hydroxylation sites is 1. The highest BCUT2D eigenvalue weighted by molar-refractivity contribution is 6.04. The second-order valence-corrected chi connectivity index (χ2v) is 5.68. The van der Waals surface area contributed by atoms with E-state index in [2.05, 4.69) is 22.5 Å². The number of halogens is 2. The van der Waals surface area contributed by atoms with Crippen molar-refractivity contribution in [2.24, 2.45) is 0 Å². The Hall–Kier alpha value is -3.28. The molecule has 4 nitrogen and oxygen atoms in total. The Morgan fingerprint density at radius 2 is 1.81 bits per heavy atom. The van der Waals surface area contributed by atoms with Gasteiger partial charge in [-0.3, -0.25) is 9.78 Å². The number of anilines is 3. The first-order valence-corrected chi connectivity index (χ1v) is 8.13. The van der Waals surface area contributed by atoms with E-state index >= 15 is 0 Å². The summed E-state index contributed by atoms with van der Waals surface area (Å²) in [7, 11) is 0. The number of aryl methyl sites for hydroxylation is 1. The summed E-state index contributed by atoms with van der Waals surface area (Å²) in [5.74, 6) is -2.45. The van der Waals surface area contributed by atoms with Gasteiger partial charge in [-0.2, -0.15) is 0 Å².